The second-order valence-electron chi connectivity index (χ2n) is 4.70. The smallest absolute Gasteiger partial charge is 0.243 e. The minimum atomic E-state index is -3.45. The van der Waals surface area contributed by atoms with Crippen LogP contribution in [-0.2, 0) is 10.0 Å². The lowest BCUT2D eigenvalue weighted by molar-refractivity contribution is 0.467. The molecule has 0 unspecified atom stereocenters. The molecule has 0 fully saturated rings. The number of nitrogens with zero attached hydrogens (tertiary/aromatic N) is 1. The molecule has 0 heterocycles. The third kappa shape index (κ3) is 2.52. The summed E-state index contributed by atoms with van der Waals surface area (Å²) in [5.74, 6) is 0. The second-order valence-corrected chi connectivity index (χ2v) is 6.69. The highest BCUT2D eigenvalue weighted by Gasteiger charge is 2.25. The molecule has 0 amide bonds. The molecule has 0 saturated carbocycles. The largest absolute Gasteiger partial charge is 0.398 e. The Kier molecular flexibility index (Phi) is 4.40. The standard InChI is InChI=1S/C13H22N2O2S/c1-6-7-15(5)18(16,17)13-10(3)8-9(2)12(14)11(13)4/h8H,6-7,14H2,1-5H3. The molecule has 1 aromatic rings. The number of benzene rings is 1. The number of aryl methyl sites for hydroxylation is 2. The Morgan fingerprint density at radius 1 is 1.22 bits per heavy atom. The lowest BCUT2D eigenvalue weighted by atomic mass is 10.1. The first-order valence-electron chi connectivity index (χ1n) is 6.06. The van der Waals surface area contributed by atoms with Crippen molar-refractivity contribution in [3.8, 4) is 0 Å². The van der Waals surface area contributed by atoms with Crippen LogP contribution in [0.5, 0.6) is 0 Å². The fraction of sp³-hybridized carbons (Fsp3) is 0.538. The summed E-state index contributed by atoms with van der Waals surface area (Å²) in [6.45, 7) is 7.93. The number of anilines is 1. The number of rotatable bonds is 4. The average Bonchev–Trinajstić information content (AvgIpc) is 2.26. The van der Waals surface area contributed by atoms with Crippen LogP contribution < -0.4 is 5.73 Å². The van der Waals surface area contributed by atoms with Gasteiger partial charge >= 0.3 is 0 Å². The van der Waals surface area contributed by atoms with Gasteiger partial charge in [0.25, 0.3) is 0 Å². The minimum absolute atomic E-state index is 0.349. The highest BCUT2D eigenvalue weighted by molar-refractivity contribution is 7.89. The number of sulfonamides is 1. The quantitative estimate of drug-likeness (QED) is 0.853. The van der Waals surface area contributed by atoms with Gasteiger partial charge in [0, 0.05) is 19.3 Å². The Morgan fingerprint density at radius 2 is 1.78 bits per heavy atom. The van der Waals surface area contributed by atoms with Crippen LogP contribution in [-0.4, -0.2) is 26.3 Å². The van der Waals surface area contributed by atoms with E-state index in [1.807, 2.05) is 26.8 Å². The van der Waals surface area contributed by atoms with Gasteiger partial charge in [-0.1, -0.05) is 13.0 Å². The van der Waals surface area contributed by atoms with Crippen LogP contribution in [0, 0.1) is 20.8 Å². The molecule has 0 spiro atoms. The van der Waals surface area contributed by atoms with Gasteiger partial charge in [0.05, 0.1) is 4.90 Å². The third-order valence-corrected chi connectivity index (χ3v) is 5.31. The van der Waals surface area contributed by atoms with Crippen molar-refractivity contribution < 1.29 is 8.42 Å². The molecule has 5 heteroatoms. The number of hydrogen-bond acceptors (Lipinski definition) is 3. The lowest BCUT2D eigenvalue weighted by Crippen LogP contribution is -2.29. The van der Waals surface area contributed by atoms with E-state index in [4.69, 9.17) is 5.73 Å². The Balaban J connectivity index is 3.47. The van der Waals surface area contributed by atoms with Crippen molar-refractivity contribution in [3.63, 3.8) is 0 Å². The summed E-state index contributed by atoms with van der Waals surface area (Å²) < 4.78 is 26.4. The Hall–Kier alpha value is -1.07. The molecule has 0 aromatic heterocycles. The van der Waals surface area contributed by atoms with E-state index in [0.717, 1.165) is 17.5 Å². The van der Waals surface area contributed by atoms with Crippen LogP contribution in [0.3, 0.4) is 0 Å². The normalized spacial score (nSPS) is 12.1. The summed E-state index contributed by atoms with van der Waals surface area (Å²) in [4.78, 5) is 0.349. The molecule has 0 radical (unpaired) electrons. The lowest BCUT2D eigenvalue weighted by Gasteiger charge is -2.21. The van der Waals surface area contributed by atoms with Gasteiger partial charge in [-0.05, 0) is 43.9 Å². The van der Waals surface area contributed by atoms with Crippen molar-refractivity contribution >= 4 is 15.7 Å². The molecule has 0 saturated heterocycles. The first-order chi connectivity index (χ1) is 8.23. The zero-order chi connectivity index (χ0) is 14.1. The van der Waals surface area contributed by atoms with Crippen molar-refractivity contribution in [1.29, 1.82) is 0 Å². The van der Waals surface area contributed by atoms with Gasteiger partial charge in [-0.2, -0.15) is 0 Å². The molecular weight excluding hydrogens is 248 g/mol. The number of nitrogens with two attached hydrogens (primary N) is 1. The first kappa shape index (κ1) is 15.0. The molecule has 0 aliphatic heterocycles. The molecule has 1 rings (SSSR count). The van der Waals surface area contributed by atoms with Gasteiger partial charge in [0.1, 0.15) is 0 Å². The van der Waals surface area contributed by atoms with Gasteiger partial charge in [0.15, 0.2) is 0 Å². The fourth-order valence-electron chi connectivity index (χ4n) is 2.17. The Labute approximate surface area is 110 Å². The maximum Gasteiger partial charge on any atom is 0.243 e. The zero-order valence-corrected chi connectivity index (χ0v) is 12.6. The summed E-state index contributed by atoms with van der Waals surface area (Å²) in [5, 5.41) is 0. The predicted octanol–water partition coefficient (Wildman–Crippen LogP) is 2.22. The van der Waals surface area contributed by atoms with Gasteiger partial charge in [-0.3, -0.25) is 0 Å². The van der Waals surface area contributed by atoms with E-state index >= 15 is 0 Å². The van der Waals surface area contributed by atoms with Crippen LogP contribution in [0.2, 0.25) is 0 Å². The Morgan fingerprint density at radius 3 is 2.28 bits per heavy atom. The molecule has 0 bridgehead atoms. The van der Waals surface area contributed by atoms with E-state index in [2.05, 4.69) is 0 Å². The highest BCUT2D eigenvalue weighted by Crippen LogP contribution is 2.29. The van der Waals surface area contributed by atoms with E-state index in [0.29, 0.717) is 22.7 Å². The van der Waals surface area contributed by atoms with Crippen molar-refractivity contribution in [3.05, 3.63) is 22.8 Å². The first-order valence-corrected chi connectivity index (χ1v) is 7.50. The molecule has 0 aliphatic carbocycles. The molecule has 2 N–H and O–H groups in total. The van der Waals surface area contributed by atoms with Gasteiger partial charge in [-0.25, -0.2) is 12.7 Å². The summed E-state index contributed by atoms with van der Waals surface area (Å²) in [6, 6.07) is 1.83. The zero-order valence-electron chi connectivity index (χ0n) is 11.7. The molecule has 1 aromatic carbocycles. The molecule has 102 valence electrons. The van der Waals surface area contributed by atoms with Crippen molar-refractivity contribution in [1.82, 2.24) is 4.31 Å². The molecule has 0 aliphatic rings. The van der Waals surface area contributed by atoms with Crippen molar-refractivity contribution in [2.75, 3.05) is 19.3 Å². The van der Waals surface area contributed by atoms with Crippen molar-refractivity contribution in [2.24, 2.45) is 0 Å². The topological polar surface area (TPSA) is 63.4 Å². The summed E-state index contributed by atoms with van der Waals surface area (Å²) in [6.07, 6.45) is 0.787. The summed E-state index contributed by atoms with van der Waals surface area (Å²) >= 11 is 0. The van der Waals surface area contributed by atoms with Crippen LogP contribution in [0.1, 0.15) is 30.0 Å². The van der Waals surface area contributed by atoms with E-state index in [-0.39, 0.29) is 0 Å². The second kappa shape index (κ2) is 5.28. The maximum atomic E-state index is 12.5. The number of nitrogen functional groups attached to an aromatic ring is 1. The number of hydrogen-bond donors (Lipinski definition) is 1. The van der Waals surface area contributed by atoms with Crippen LogP contribution in [0.4, 0.5) is 5.69 Å². The van der Waals surface area contributed by atoms with Crippen molar-refractivity contribution in [2.45, 2.75) is 39.0 Å². The van der Waals surface area contributed by atoms with Crippen LogP contribution in [0.25, 0.3) is 0 Å². The third-order valence-electron chi connectivity index (χ3n) is 3.17. The Bertz CT molecular complexity index is 551. The van der Waals surface area contributed by atoms with E-state index in [1.54, 1.807) is 14.0 Å². The average molecular weight is 270 g/mol. The van der Waals surface area contributed by atoms with Crippen LogP contribution in [0.15, 0.2) is 11.0 Å². The molecule has 0 atom stereocenters. The fourth-order valence-corrected chi connectivity index (χ4v) is 3.87. The van der Waals surface area contributed by atoms with E-state index < -0.39 is 10.0 Å². The summed E-state index contributed by atoms with van der Waals surface area (Å²) in [7, 11) is -1.84. The van der Waals surface area contributed by atoms with E-state index in [9.17, 15) is 8.42 Å². The van der Waals surface area contributed by atoms with E-state index in [1.165, 1.54) is 4.31 Å². The molecule has 18 heavy (non-hydrogen) atoms. The minimum Gasteiger partial charge on any atom is -0.398 e. The van der Waals surface area contributed by atoms with Crippen LogP contribution >= 0.6 is 0 Å². The highest BCUT2D eigenvalue weighted by atomic mass is 32.2. The summed E-state index contributed by atoms with van der Waals surface area (Å²) in [5.41, 5.74) is 8.82. The van der Waals surface area contributed by atoms with Gasteiger partial charge in [-0.15, -0.1) is 0 Å². The maximum absolute atomic E-state index is 12.5. The SMILES string of the molecule is CCCN(C)S(=O)(=O)c1c(C)cc(C)c(N)c1C. The monoisotopic (exact) mass is 270 g/mol. The van der Waals surface area contributed by atoms with Gasteiger partial charge in [0.2, 0.25) is 10.0 Å². The molecule has 4 nitrogen and oxygen atoms in total. The molecular formula is C13H22N2O2S. The van der Waals surface area contributed by atoms with Gasteiger partial charge < -0.3 is 5.73 Å². The predicted molar refractivity (Wildman–Crippen MR) is 75.2 cm³/mol.